The van der Waals surface area contributed by atoms with Crippen molar-refractivity contribution in [3.63, 3.8) is 0 Å². The number of halogens is 2. The van der Waals surface area contributed by atoms with Crippen LogP contribution in [0.5, 0.6) is 0 Å². The summed E-state index contributed by atoms with van der Waals surface area (Å²) in [5.41, 5.74) is 5.34. The predicted octanol–water partition coefficient (Wildman–Crippen LogP) is 7.60. The Bertz CT molecular complexity index is 2130. The van der Waals surface area contributed by atoms with E-state index >= 15 is 8.78 Å². The summed E-state index contributed by atoms with van der Waals surface area (Å²) in [6.45, 7) is 5.26. The van der Waals surface area contributed by atoms with Gasteiger partial charge in [-0.15, -0.1) is 0 Å². The first kappa shape index (κ1) is 33.1. The van der Waals surface area contributed by atoms with E-state index in [4.69, 9.17) is 9.72 Å². The largest absolute Gasteiger partial charge is 0.453 e. The van der Waals surface area contributed by atoms with Crippen molar-refractivity contribution in [2.24, 2.45) is 5.92 Å². The Labute approximate surface area is 294 Å². The molecule has 5 aromatic rings. The van der Waals surface area contributed by atoms with Crippen LogP contribution in [0, 0.1) is 5.92 Å². The lowest BCUT2D eigenvalue weighted by Crippen LogP contribution is -2.53. The van der Waals surface area contributed by atoms with Crippen molar-refractivity contribution in [1.82, 2.24) is 35.5 Å². The number of likely N-dealkylation sites (tertiary alicyclic amines) is 1. The standard InChI is InChI=1S/C39H41F2N7O3/c1-21(2)34(47-38(50)51-3)37(49)48-16-5-4-8-33(48)36-44-29-14-11-23(19-31(29)45-36)22-9-12-25-26-13-10-24(18-28(26)39(40,41)27(25)17-22)32-20-43-35(46-32)30-7-6-15-42-30/h9-14,17-21,30,33-34,42H,4-8,15-16H2,1-3H3,(H,43,46)(H,44,45)(H,47,50)/t30?,33-,34+/m1/s1. The van der Waals surface area contributed by atoms with Crippen LogP contribution in [0.4, 0.5) is 13.6 Å². The second kappa shape index (κ2) is 12.9. The Morgan fingerprint density at radius 2 is 1.65 bits per heavy atom. The Kier molecular flexibility index (Phi) is 8.36. The number of aromatic nitrogens is 4. The molecule has 4 N–H and O–H groups in total. The van der Waals surface area contributed by atoms with E-state index in [1.165, 1.54) is 7.11 Å². The number of ether oxygens (including phenoxy) is 1. The van der Waals surface area contributed by atoms with E-state index in [0.717, 1.165) is 66.8 Å². The average molecular weight is 694 g/mol. The third-order valence-corrected chi connectivity index (χ3v) is 10.6. The molecule has 3 aliphatic rings. The molecule has 0 spiro atoms. The number of alkyl carbamates (subject to hydrolysis) is 1. The van der Waals surface area contributed by atoms with Crippen LogP contribution in [-0.2, 0) is 15.5 Å². The van der Waals surface area contributed by atoms with Crippen molar-refractivity contribution in [2.45, 2.75) is 70.0 Å². The summed E-state index contributed by atoms with van der Waals surface area (Å²) in [6.07, 6.45) is 5.67. The smallest absolute Gasteiger partial charge is 0.407 e. The number of nitrogens with zero attached hydrogens (tertiary/aromatic N) is 3. The number of rotatable bonds is 7. The Morgan fingerprint density at radius 3 is 2.37 bits per heavy atom. The molecule has 12 heteroatoms. The lowest BCUT2D eigenvalue weighted by Gasteiger charge is -2.37. The first-order chi connectivity index (χ1) is 24.6. The monoisotopic (exact) mass is 693 g/mol. The molecule has 3 atom stereocenters. The number of piperidine rings is 1. The number of nitrogens with one attached hydrogen (secondary N) is 4. The van der Waals surface area contributed by atoms with Gasteiger partial charge in [-0.05, 0) is 91.1 Å². The topological polar surface area (TPSA) is 128 Å². The Hall–Kier alpha value is -5.10. The number of amides is 2. The maximum Gasteiger partial charge on any atom is 0.407 e. The van der Waals surface area contributed by atoms with Gasteiger partial charge in [-0.3, -0.25) is 4.79 Å². The molecule has 10 nitrogen and oxygen atoms in total. The number of carbonyl (C=O) groups is 2. The molecule has 264 valence electrons. The van der Waals surface area contributed by atoms with Crippen LogP contribution in [0.2, 0.25) is 0 Å². The summed E-state index contributed by atoms with van der Waals surface area (Å²) in [7, 11) is 1.28. The molecule has 2 aliphatic heterocycles. The molecule has 2 saturated heterocycles. The molecule has 3 aromatic carbocycles. The van der Waals surface area contributed by atoms with Crippen LogP contribution < -0.4 is 10.6 Å². The number of hydrogen-bond donors (Lipinski definition) is 4. The van der Waals surface area contributed by atoms with E-state index in [2.05, 4.69) is 25.6 Å². The van der Waals surface area contributed by atoms with Crippen molar-refractivity contribution < 1.29 is 23.1 Å². The number of methoxy groups -OCH3 is 1. The molecule has 1 aliphatic carbocycles. The average Bonchev–Trinajstić information content (AvgIpc) is 3.96. The predicted molar refractivity (Wildman–Crippen MR) is 190 cm³/mol. The van der Waals surface area contributed by atoms with Crippen LogP contribution in [-0.4, -0.2) is 63.1 Å². The summed E-state index contributed by atoms with van der Waals surface area (Å²) in [6, 6.07) is 15.3. The van der Waals surface area contributed by atoms with Crippen LogP contribution >= 0.6 is 0 Å². The summed E-state index contributed by atoms with van der Waals surface area (Å²) in [5.74, 6) is -2.00. The zero-order valence-corrected chi connectivity index (χ0v) is 28.9. The van der Waals surface area contributed by atoms with Gasteiger partial charge in [-0.25, -0.2) is 14.8 Å². The SMILES string of the molecule is COC(=O)N[C@H](C(=O)N1CCCC[C@@H]1c1nc2ccc(-c3ccc4c(c3)C(F)(F)c3cc(-c5cnc(C6CCCN6)[nH]5)ccc3-4)cc2[nH]1)C(C)C. The normalized spacial score (nSPS) is 20.0. The summed E-state index contributed by atoms with van der Waals surface area (Å²) < 4.78 is 37.2. The van der Waals surface area contributed by atoms with E-state index < -0.39 is 18.1 Å². The summed E-state index contributed by atoms with van der Waals surface area (Å²) in [4.78, 5) is 43.7. The lowest BCUT2D eigenvalue weighted by molar-refractivity contribution is -0.138. The highest BCUT2D eigenvalue weighted by molar-refractivity contribution is 5.88. The van der Waals surface area contributed by atoms with Gasteiger partial charge < -0.3 is 30.2 Å². The zero-order chi connectivity index (χ0) is 35.4. The van der Waals surface area contributed by atoms with Crippen LogP contribution in [0.25, 0.3) is 44.5 Å². The number of benzene rings is 3. The molecular weight excluding hydrogens is 652 g/mol. The second-order valence-electron chi connectivity index (χ2n) is 14.2. The summed E-state index contributed by atoms with van der Waals surface area (Å²) >= 11 is 0. The zero-order valence-electron chi connectivity index (χ0n) is 28.9. The van der Waals surface area contributed by atoms with Crippen molar-refractivity contribution in [3.8, 4) is 33.5 Å². The van der Waals surface area contributed by atoms with Gasteiger partial charge in [0, 0.05) is 23.2 Å². The molecule has 0 saturated carbocycles. The number of hydrogen-bond acceptors (Lipinski definition) is 6. The fraction of sp³-hybridized carbons (Fsp3) is 0.385. The fourth-order valence-corrected chi connectivity index (χ4v) is 7.87. The maximum absolute atomic E-state index is 16.2. The molecule has 8 rings (SSSR count). The van der Waals surface area contributed by atoms with Gasteiger partial charge >= 0.3 is 6.09 Å². The van der Waals surface area contributed by atoms with E-state index in [1.807, 2.05) is 44.2 Å². The van der Waals surface area contributed by atoms with E-state index in [0.29, 0.717) is 34.6 Å². The first-order valence-corrected chi connectivity index (χ1v) is 17.7. The van der Waals surface area contributed by atoms with Gasteiger partial charge in [0.1, 0.15) is 17.7 Å². The fourth-order valence-electron chi connectivity index (χ4n) is 7.87. The van der Waals surface area contributed by atoms with Crippen LogP contribution in [0.3, 0.4) is 0 Å². The molecule has 2 amide bonds. The van der Waals surface area contributed by atoms with Crippen molar-refractivity contribution in [3.05, 3.63) is 83.6 Å². The quantitative estimate of drug-likeness (QED) is 0.139. The summed E-state index contributed by atoms with van der Waals surface area (Å²) in [5, 5.41) is 6.11. The molecule has 51 heavy (non-hydrogen) atoms. The third kappa shape index (κ3) is 5.85. The Morgan fingerprint density at radius 1 is 0.922 bits per heavy atom. The number of alkyl halides is 2. The highest BCUT2D eigenvalue weighted by atomic mass is 19.3. The molecule has 4 heterocycles. The maximum atomic E-state index is 16.2. The van der Waals surface area contributed by atoms with Crippen molar-refractivity contribution >= 4 is 23.0 Å². The second-order valence-corrected chi connectivity index (χ2v) is 14.2. The van der Waals surface area contributed by atoms with E-state index in [1.54, 1.807) is 35.4 Å². The molecular formula is C39H41F2N7O3. The highest BCUT2D eigenvalue weighted by Gasteiger charge is 2.45. The molecule has 2 aromatic heterocycles. The van der Waals surface area contributed by atoms with Gasteiger partial charge in [0.15, 0.2) is 0 Å². The molecule has 2 fully saturated rings. The lowest BCUT2D eigenvalue weighted by atomic mass is 9.97. The van der Waals surface area contributed by atoms with Gasteiger partial charge in [0.2, 0.25) is 5.91 Å². The number of carbonyl (C=O) groups excluding carboxylic acids is 2. The van der Waals surface area contributed by atoms with E-state index in [-0.39, 0.29) is 35.0 Å². The minimum atomic E-state index is -3.18. The first-order valence-electron chi connectivity index (χ1n) is 17.7. The third-order valence-electron chi connectivity index (χ3n) is 10.6. The number of aromatic amines is 2. The van der Waals surface area contributed by atoms with Gasteiger partial charge in [-0.1, -0.05) is 44.2 Å². The van der Waals surface area contributed by atoms with Crippen molar-refractivity contribution in [2.75, 3.05) is 20.2 Å². The number of imidazole rings is 2. The van der Waals surface area contributed by atoms with Crippen molar-refractivity contribution in [1.29, 1.82) is 0 Å². The highest BCUT2D eigenvalue weighted by Crippen LogP contribution is 2.52. The van der Waals surface area contributed by atoms with Gasteiger partial charge in [-0.2, -0.15) is 8.78 Å². The van der Waals surface area contributed by atoms with Gasteiger partial charge in [0.05, 0.1) is 42.1 Å². The minimum absolute atomic E-state index is 0.0102. The van der Waals surface area contributed by atoms with Gasteiger partial charge in [0.25, 0.3) is 5.92 Å². The molecule has 0 bridgehead atoms. The Balaban J connectivity index is 1.06. The van der Waals surface area contributed by atoms with Crippen LogP contribution in [0.15, 0.2) is 60.8 Å². The van der Waals surface area contributed by atoms with Crippen LogP contribution in [0.1, 0.15) is 80.8 Å². The number of H-pyrrole nitrogens is 2. The van der Waals surface area contributed by atoms with E-state index in [9.17, 15) is 9.59 Å². The molecule has 1 unspecified atom stereocenters. The minimum Gasteiger partial charge on any atom is -0.453 e. The number of fused-ring (bicyclic) bond motifs is 4. The molecule has 0 radical (unpaired) electrons.